The molecule has 0 spiro atoms. The SMILES string of the molecule is CSc1csc(C(N)=O)n1. The quantitative estimate of drug-likeness (QED) is 0.679. The molecule has 10 heavy (non-hydrogen) atoms. The lowest BCUT2D eigenvalue weighted by Gasteiger charge is -1.83. The van der Waals surface area contributed by atoms with E-state index in [9.17, 15) is 4.79 Å². The van der Waals surface area contributed by atoms with Crippen molar-refractivity contribution >= 4 is 29.0 Å². The lowest BCUT2D eigenvalue weighted by Crippen LogP contribution is -2.09. The third-order valence-electron chi connectivity index (χ3n) is 0.903. The lowest BCUT2D eigenvalue weighted by molar-refractivity contribution is 0.0999. The summed E-state index contributed by atoms with van der Waals surface area (Å²) < 4.78 is 0. The van der Waals surface area contributed by atoms with Crippen LogP contribution in [0.25, 0.3) is 0 Å². The van der Waals surface area contributed by atoms with E-state index < -0.39 is 5.91 Å². The van der Waals surface area contributed by atoms with Gasteiger partial charge in [0.1, 0.15) is 5.03 Å². The second kappa shape index (κ2) is 3.03. The molecule has 0 aromatic carbocycles. The van der Waals surface area contributed by atoms with Crippen LogP contribution in [-0.4, -0.2) is 17.1 Å². The van der Waals surface area contributed by atoms with Crippen LogP contribution in [0.2, 0.25) is 0 Å². The van der Waals surface area contributed by atoms with Crippen molar-refractivity contribution in [2.75, 3.05) is 6.26 Å². The van der Waals surface area contributed by atoms with Gasteiger partial charge in [-0.15, -0.1) is 23.1 Å². The number of carbonyl (C=O) groups excluding carboxylic acids is 1. The molecule has 0 aliphatic heterocycles. The highest BCUT2D eigenvalue weighted by Crippen LogP contribution is 2.17. The number of primary amides is 1. The maximum atomic E-state index is 10.5. The van der Waals surface area contributed by atoms with Crippen molar-refractivity contribution in [1.82, 2.24) is 4.98 Å². The van der Waals surface area contributed by atoms with Crippen molar-refractivity contribution in [3.8, 4) is 0 Å². The van der Waals surface area contributed by atoms with Gasteiger partial charge in [-0.25, -0.2) is 4.98 Å². The van der Waals surface area contributed by atoms with Gasteiger partial charge in [0.2, 0.25) is 0 Å². The van der Waals surface area contributed by atoms with Gasteiger partial charge >= 0.3 is 0 Å². The highest BCUT2D eigenvalue weighted by molar-refractivity contribution is 7.98. The number of amides is 1. The molecule has 0 aliphatic rings. The van der Waals surface area contributed by atoms with Crippen molar-refractivity contribution in [1.29, 1.82) is 0 Å². The maximum absolute atomic E-state index is 10.5. The van der Waals surface area contributed by atoms with Crippen LogP contribution < -0.4 is 5.73 Å². The summed E-state index contributed by atoms with van der Waals surface area (Å²) in [6.07, 6.45) is 1.90. The zero-order chi connectivity index (χ0) is 7.56. The lowest BCUT2D eigenvalue weighted by atomic mass is 10.7. The molecule has 1 aromatic rings. The summed E-state index contributed by atoms with van der Waals surface area (Å²) in [6.45, 7) is 0. The Morgan fingerprint density at radius 1 is 1.90 bits per heavy atom. The fourth-order valence-electron chi connectivity index (χ4n) is 0.466. The topological polar surface area (TPSA) is 56.0 Å². The molecule has 5 heteroatoms. The van der Waals surface area contributed by atoms with Crippen LogP contribution in [0.5, 0.6) is 0 Å². The first-order valence-electron chi connectivity index (χ1n) is 2.53. The van der Waals surface area contributed by atoms with E-state index in [2.05, 4.69) is 4.98 Å². The number of hydrogen-bond acceptors (Lipinski definition) is 4. The predicted octanol–water partition coefficient (Wildman–Crippen LogP) is 0.964. The molecule has 0 aliphatic carbocycles. The van der Waals surface area contributed by atoms with Gasteiger partial charge in [0.05, 0.1) is 0 Å². The zero-order valence-electron chi connectivity index (χ0n) is 5.33. The monoisotopic (exact) mass is 174 g/mol. The first-order valence-corrected chi connectivity index (χ1v) is 4.64. The van der Waals surface area contributed by atoms with Gasteiger partial charge in [-0.05, 0) is 6.26 Å². The van der Waals surface area contributed by atoms with E-state index in [1.165, 1.54) is 23.1 Å². The molecule has 0 saturated carbocycles. The van der Waals surface area contributed by atoms with E-state index in [1.54, 1.807) is 0 Å². The second-order valence-electron chi connectivity index (χ2n) is 1.56. The molecule has 0 fully saturated rings. The standard InChI is InChI=1S/C5H6N2OS2/c1-9-3-2-10-5(7-3)4(6)8/h2H,1H3,(H2,6,8). The molecule has 54 valence electrons. The Labute approximate surface area is 66.6 Å². The van der Waals surface area contributed by atoms with Crippen LogP contribution in [0, 0.1) is 0 Å². The van der Waals surface area contributed by atoms with Gasteiger partial charge in [0.25, 0.3) is 5.91 Å². The van der Waals surface area contributed by atoms with Gasteiger partial charge in [-0.2, -0.15) is 0 Å². The summed E-state index contributed by atoms with van der Waals surface area (Å²) in [4.78, 5) is 14.4. The molecule has 0 radical (unpaired) electrons. The number of rotatable bonds is 2. The number of hydrogen-bond donors (Lipinski definition) is 1. The smallest absolute Gasteiger partial charge is 0.277 e. The molecular weight excluding hydrogens is 168 g/mol. The van der Waals surface area contributed by atoms with Crippen molar-refractivity contribution in [2.24, 2.45) is 5.73 Å². The summed E-state index contributed by atoms with van der Waals surface area (Å²) in [7, 11) is 0. The molecule has 1 heterocycles. The Morgan fingerprint density at radius 3 is 2.90 bits per heavy atom. The van der Waals surface area contributed by atoms with E-state index in [4.69, 9.17) is 5.73 Å². The largest absolute Gasteiger partial charge is 0.364 e. The number of carbonyl (C=O) groups is 1. The minimum atomic E-state index is -0.453. The van der Waals surface area contributed by atoms with Gasteiger partial charge in [0.15, 0.2) is 5.01 Å². The van der Waals surface area contributed by atoms with Crippen molar-refractivity contribution < 1.29 is 4.79 Å². The van der Waals surface area contributed by atoms with Crippen LogP contribution in [0.4, 0.5) is 0 Å². The highest BCUT2D eigenvalue weighted by Gasteiger charge is 2.04. The third-order valence-corrected chi connectivity index (χ3v) is 2.54. The predicted molar refractivity (Wildman–Crippen MR) is 42.4 cm³/mol. The number of aromatic nitrogens is 1. The number of thioether (sulfide) groups is 1. The molecule has 0 unspecified atom stereocenters. The number of nitrogens with zero attached hydrogens (tertiary/aromatic N) is 1. The van der Waals surface area contributed by atoms with E-state index in [0.717, 1.165) is 5.03 Å². The third kappa shape index (κ3) is 1.48. The van der Waals surface area contributed by atoms with Crippen LogP contribution in [0.1, 0.15) is 9.80 Å². The molecule has 0 saturated heterocycles. The van der Waals surface area contributed by atoms with Crippen LogP contribution in [0.15, 0.2) is 10.4 Å². The number of thiazole rings is 1. The fraction of sp³-hybridized carbons (Fsp3) is 0.200. The van der Waals surface area contributed by atoms with Gasteiger partial charge < -0.3 is 5.73 Å². The highest BCUT2D eigenvalue weighted by atomic mass is 32.2. The fourth-order valence-corrected chi connectivity index (χ4v) is 1.77. The molecular formula is C5H6N2OS2. The van der Waals surface area contributed by atoms with Gasteiger partial charge in [-0.3, -0.25) is 4.79 Å². The van der Waals surface area contributed by atoms with E-state index in [0.29, 0.717) is 5.01 Å². The van der Waals surface area contributed by atoms with E-state index >= 15 is 0 Å². The Bertz CT molecular complexity index is 246. The van der Waals surface area contributed by atoms with Crippen molar-refractivity contribution in [2.45, 2.75) is 5.03 Å². The minimum absolute atomic E-state index is 0.379. The average Bonchev–Trinajstić information content (AvgIpc) is 2.34. The summed E-state index contributed by atoms with van der Waals surface area (Å²) in [6, 6.07) is 0. The van der Waals surface area contributed by atoms with Crippen LogP contribution in [-0.2, 0) is 0 Å². The first-order chi connectivity index (χ1) is 4.74. The Morgan fingerprint density at radius 2 is 2.60 bits per heavy atom. The molecule has 3 nitrogen and oxygen atoms in total. The van der Waals surface area contributed by atoms with E-state index in [1.807, 2.05) is 11.6 Å². The number of nitrogens with two attached hydrogens (primary N) is 1. The van der Waals surface area contributed by atoms with Gasteiger partial charge in [0, 0.05) is 5.38 Å². The van der Waals surface area contributed by atoms with Crippen molar-refractivity contribution in [3.63, 3.8) is 0 Å². The Balaban J connectivity index is 2.88. The molecule has 1 amide bonds. The average molecular weight is 174 g/mol. The normalized spacial score (nSPS) is 9.70. The summed E-state index contributed by atoms with van der Waals surface area (Å²) in [5, 5.41) is 3.04. The Hall–Kier alpha value is -0.550. The maximum Gasteiger partial charge on any atom is 0.277 e. The van der Waals surface area contributed by atoms with E-state index in [-0.39, 0.29) is 0 Å². The minimum Gasteiger partial charge on any atom is -0.364 e. The molecule has 0 bridgehead atoms. The molecule has 0 atom stereocenters. The van der Waals surface area contributed by atoms with Crippen LogP contribution in [0.3, 0.4) is 0 Å². The van der Waals surface area contributed by atoms with Crippen molar-refractivity contribution in [3.05, 3.63) is 10.4 Å². The summed E-state index contributed by atoms with van der Waals surface area (Å²) >= 11 is 2.77. The second-order valence-corrected chi connectivity index (χ2v) is 3.24. The molecule has 2 N–H and O–H groups in total. The zero-order valence-corrected chi connectivity index (χ0v) is 6.96. The van der Waals surface area contributed by atoms with Crippen LogP contribution >= 0.6 is 23.1 Å². The Kier molecular flexibility index (Phi) is 2.29. The summed E-state index contributed by atoms with van der Waals surface area (Å²) in [5.41, 5.74) is 4.98. The molecule has 1 rings (SSSR count). The summed E-state index contributed by atoms with van der Waals surface area (Å²) in [5.74, 6) is -0.453. The molecule has 1 aromatic heterocycles. The van der Waals surface area contributed by atoms with Gasteiger partial charge in [-0.1, -0.05) is 0 Å². The first kappa shape index (κ1) is 7.56.